The number of amides is 1. The van der Waals surface area contributed by atoms with E-state index in [1.807, 2.05) is 0 Å². The maximum atomic E-state index is 12.0. The number of ether oxygens (including phenoxy) is 1. The fraction of sp³-hybridized carbons (Fsp3) is 0.125. The number of rotatable bonds is 4. The molecule has 4 nitrogen and oxygen atoms in total. The van der Waals surface area contributed by atoms with Crippen LogP contribution in [0, 0.1) is 0 Å². The molecular weight excluding hydrogens is 325 g/mol. The highest BCUT2D eigenvalue weighted by molar-refractivity contribution is 6.33. The number of hydrogen-bond acceptors (Lipinski definition) is 3. The third kappa shape index (κ3) is 4.23. The molecule has 0 aliphatic rings. The van der Waals surface area contributed by atoms with E-state index in [1.165, 1.54) is 13.0 Å². The number of halogens is 2. The largest absolute Gasteiger partial charge is 0.449 e. The summed E-state index contributed by atoms with van der Waals surface area (Å²) in [4.78, 5) is 24.0. The lowest BCUT2D eigenvalue weighted by Gasteiger charge is -2.14. The summed E-state index contributed by atoms with van der Waals surface area (Å²) in [5.41, 5.74) is 0.783. The number of benzene rings is 2. The molecule has 6 heteroatoms. The van der Waals surface area contributed by atoms with Gasteiger partial charge >= 0.3 is 5.97 Å². The maximum Gasteiger partial charge on any atom is 0.340 e. The van der Waals surface area contributed by atoms with E-state index in [9.17, 15) is 9.59 Å². The molecule has 114 valence electrons. The van der Waals surface area contributed by atoms with Crippen LogP contribution in [0.4, 0.5) is 5.69 Å². The van der Waals surface area contributed by atoms with Crippen LogP contribution < -0.4 is 5.32 Å². The van der Waals surface area contributed by atoms with E-state index in [4.69, 9.17) is 27.9 Å². The van der Waals surface area contributed by atoms with E-state index in [-0.39, 0.29) is 10.6 Å². The van der Waals surface area contributed by atoms with Crippen LogP contribution in [0.1, 0.15) is 17.3 Å². The Balaban J connectivity index is 1.98. The molecule has 22 heavy (non-hydrogen) atoms. The van der Waals surface area contributed by atoms with Crippen molar-refractivity contribution in [3.8, 4) is 0 Å². The standard InChI is InChI=1S/C16H13Cl2NO3/c1-10(15(20)19-12-8-6-11(17)7-9-12)22-16(21)13-4-2-3-5-14(13)18/h2-10H,1H3,(H,19,20)/t10-/m0/s1. The zero-order valence-corrected chi connectivity index (χ0v) is 13.2. The smallest absolute Gasteiger partial charge is 0.340 e. The van der Waals surface area contributed by atoms with Gasteiger partial charge in [0.1, 0.15) is 0 Å². The Hall–Kier alpha value is -2.04. The monoisotopic (exact) mass is 337 g/mol. The molecule has 0 spiro atoms. The fourth-order valence-corrected chi connectivity index (χ4v) is 2.02. The van der Waals surface area contributed by atoms with Crippen LogP contribution in [0.15, 0.2) is 48.5 Å². The normalized spacial score (nSPS) is 11.6. The molecule has 1 N–H and O–H groups in total. The molecule has 0 heterocycles. The molecule has 0 aliphatic carbocycles. The van der Waals surface area contributed by atoms with Gasteiger partial charge in [-0.2, -0.15) is 0 Å². The van der Waals surface area contributed by atoms with E-state index >= 15 is 0 Å². The Labute approximate surface area is 138 Å². The van der Waals surface area contributed by atoms with Crippen molar-refractivity contribution >= 4 is 40.8 Å². The van der Waals surface area contributed by atoms with E-state index in [2.05, 4.69) is 5.32 Å². The number of carbonyl (C=O) groups is 2. The van der Waals surface area contributed by atoms with Crippen molar-refractivity contribution < 1.29 is 14.3 Å². The number of carbonyl (C=O) groups excluding carboxylic acids is 2. The number of esters is 1. The number of hydrogen-bond donors (Lipinski definition) is 1. The first kappa shape index (κ1) is 16.3. The molecular formula is C16H13Cl2NO3. The lowest BCUT2D eigenvalue weighted by molar-refractivity contribution is -0.123. The summed E-state index contributed by atoms with van der Waals surface area (Å²) in [6, 6.07) is 13.1. The average molecular weight is 338 g/mol. The minimum atomic E-state index is -0.959. The lowest BCUT2D eigenvalue weighted by Crippen LogP contribution is -2.30. The van der Waals surface area contributed by atoms with Gasteiger partial charge in [0, 0.05) is 10.7 Å². The van der Waals surface area contributed by atoms with Crippen LogP contribution in [-0.4, -0.2) is 18.0 Å². The topological polar surface area (TPSA) is 55.4 Å². The Bertz CT molecular complexity index is 686. The molecule has 1 amide bonds. The number of nitrogens with one attached hydrogen (secondary N) is 1. The highest BCUT2D eigenvalue weighted by atomic mass is 35.5. The van der Waals surface area contributed by atoms with Gasteiger partial charge in [-0.1, -0.05) is 35.3 Å². The predicted molar refractivity (Wildman–Crippen MR) is 86.4 cm³/mol. The summed E-state index contributed by atoms with van der Waals surface area (Å²) >= 11 is 11.7. The van der Waals surface area contributed by atoms with Gasteiger partial charge in [0.05, 0.1) is 10.6 Å². The fourth-order valence-electron chi connectivity index (χ4n) is 1.68. The molecule has 2 rings (SSSR count). The molecule has 1 atom stereocenters. The van der Waals surface area contributed by atoms with Crippen LogP contribution in [0.5, 0.6) is 0 Å². The maximum absolute atomic E-state index is 12.0. The summed E-state index contributed by atoms with van der Waals surface area (Å²) in [5, 5.41) is 3.47. The third-order valence-corrected chi connectivity index (χ3v) is 3.44. The van der Waals surface area contributed by atoms with Crippen LogP contribution in [0.25, 0.3) is 0 Å². The van der Waals surface area contributed by atoms with Crippen LogP contribution in [0.2, 0.25) is 10.0 Å². The van der Waals surface area contributed by atoms with Gasteiger partial charge in [-0.3, -0.25) is 4.79 Å². The van der Waals surface area contributed by atoms with Gasteiger partial charge in [0.2, 0.25) is 0 Å². The van der Waals surface area contributed by atoms with Gasteiger partial charge in [-0.15, -0.1) is 0 Å². The second-order valence-electron chi connectivity index (χ2n) is 4.52. The number of anilines is 1. The average Bonchev–Trinajstić information content (AvgIpc) is 2.49. The first-order valence-corrected chi connectivity index (χ1v) is 7.25. The summed E-state index contributed by atoms with van der Waals surface area (Å²) in [7, 11) is 0. The molecule has 0 saturated heterocycles. The first-order valence-electron chi connectivity index (χ1n) is 6.49. The second-order valence-corrected chi connectivity index (χ2v) is 5.37. The van der Waals surface area contributed by atoms with Crippen molar-refractivity contribution in [3.05, 3.63) is 64.1 Å². The zero-order chi connectivity index (χ0) is 16.1. The molecule has 0 radical (unpaired) electrons. The van der Waals surface area contributed by atoms with Crippen molar-refractivity contribution in [3.63, 3.8) is 0 Å². The lowest BCUT2D eigenvalue weighted by atomic mass is 10.2. The van der Waals surface area contributed by atoms with E-state index < -0.39 is 18.0 Å². The summed E-state index contributed by atoms with van der Waals surface area (Å²) in [5.74, 6) is -1.09. The van der Waals surface area contributed by atoms with Crippen molar-refractivity contribution in [2.75, 3.05) is 5.32 Å². The summed E-state index contributed by atoms with van der Waals surface area (Å²) in [6.45, 7) is 1.49. The van der Waals surface area contributed by atoms with Crippen molar-refractivity contribution in [2.45, 2.75) is 13.0 Å². The molecule has 0 bridgehead atoms. The summed E-state index contributed by atoms with van der Waals surface area (Å²) in [6.07, 6.45) is -0.959. The minimum absolute atomic E-state index is 0.218. The van der Waals surface area contributed by atoms with Gasteiger partial charge < -0.3 is 10.1 Å². The Kier molecular flexibility index (Phi) is 5.41. The van der Waals surface area contributed by atoms with Gasteiger partial charge in [-0.05, 0) is 43.3 Å². The van der Waals surface area contributed by atoms with Crippen molar-refractivity contribution in [2.24, 2.45) is 0 Å². The highest BCUT2D eigenvalue weighted by Crippen LogP contribution is 2.17. The predicted octanol–water partition coefficient (Wildman–Crippen LogP) is 4.18. The van der Waals surface area contributed by atoms with E-state index in [0.29, 0.717) is 10.7 Å². The summed E-state index contributed by atoms with van der Waals surface area (Å²) < 4.78 is 5.11. The Morgan fingerprint density at radius 1 is 1.05 bits per heavy atom. The second kappa shape index (κ2) is 7.29. The van der Waals surface area contributed by atoms with Gasteiger partial charge in [0.25, 0.3) is 5.91 Å². The third-order valence-electron chi connectivity index (χ3n) is 2.86. The van der Waals surface area contributed by atoms with E-state index in [1.54, 1.807) is 42.5 Å². The highest BCUT2D eigenvalue weighted by Gasteiger charge is 2.20. The van der Waals surface area contributed by atoms with Crippen molar-refractivity contribution in [1.29, 1.82) is 0 Å². The SMILES string of the molecule is C[C@H](OC(=O)c1ccccc1Cl)C(=O)Nc1ccc(Cl)cc1. The van der Waals surface area contributed by atoms with Crippen LogP contribution >= 0.6 is 23.2 Å². The first-order chi connectivity index (χ1) is 10.5. The molecule has 0 fully saturated rings. The molecule has 0 aromatic heterocycles. The molecule has 2 aromatic rings. The van der Waals surface area contributed by atoms with Gasteiger partial charge in [-0.25, -0.2) is 4.79 Å². The van der Waals surface area contributed by atoms with Crippen molar-refractivity contribution in [1.82, 2.24) is 0 Å². The molecule has 0 aliphatic heterocycles. The Morgan fingerprint density at radius 2 is 1.68 bits per heavy atom. The van der Waals surface area contributed by atoms with Crippen LogP contribution in [0.3, 0.4) is 0 Å². The molecule has 2 aromatic carbocycles. The Morgan fingerprint density at radius 3 is 2.32 bits per heavy atom. The van der Waals surface area contributed by atoms with Crippen LogP contribution in [-0.2, 0) is 9.53 Å². The van der Waals surface area contributed by atoms with Gasteiger partial charge in [0.15, 0.2) is 6.10 Å². The minimum Gasteiger partial charge on any atom is -0.449 e. The molecule has 0 saturated carbocycles. The zero-order valence-electron chi connectivity index (χ0n) is 11.7. The van der Waals surface area contributed by atoms with E-state index in [0.717, 1.165) is 0 Å². The quantitative estimate of drug-likeness (QED) is 0.851. The molecule has 0 unspecified atom stereocenters.